The van der Waals surface area contributed by atoms with Crippen LogP contribution in [0.4, 0.5) is 13.2 Å². The molecule has 0 heterocycles. The molecule has 0 saturated heterocycles. The molecule has 0 aromatic heterocycles. The van der Waals surface area contributed by atoms with Gasteiger partial charge in [-0.25, -0.2) is 0 Å². The first-order chi connectivity index (χ1) is 8.64. The molecule has 3 nitrogen and oxygen atoms in total. The minimum atomic E-state index is -4.73. The Bertz CT molecular complexity index is 435. The zero-order valence-electron chi connectivity index (χ0n) is 10.9. The third-order valence-corrected chi connectivity index (χ3v) is 2.70. The number of carbonyl (C=O) groups is 1. The van der Waals surface area contributed by atoms with Crippen molar-refractivity contribution in [1.82, 2.24) is 0 Å². The van der Waals surface area contributed by atoms with Crippen LogP contribution in [-0.4, -0.2) is 12.3 Å². The van der Waals surface area contributed by atoms with Crippen LogP contribution in [0.1, 0.15) is 27.2 Å². The number of esters is 1. The molecule has 0 saturated carbocycles. The smallest absolute Gasteiger partial charge is 0.426 e. The van der Waals surface area contributed by atoms with Crippen molar-refractivity contribution < 1.29 is 27.4 Å². The molecule has 0 atom stereocenters. The van der Waals surface area contributed by atoms with E-state index in [9.17, 15) is 18.0 Å². The Morgan fingerprint density at radius 2 is 1.58 bits per heavy atom. The van der Waals surface area contributed by atoms with E-state index in [1.807, 2.05) is 6.92 Å². The molecule has 0 spiro atoms. The fourth-order valence-corrected chi connectivity index (χ4v) is 1.10. The van der Waals surface area contributed by atoms with E-state index < -0.39 is 17.7 Å². The van der Waals surface area contributed by atoms with Crippen LogP contribution in [0.5, 0.6) is 11.5 Å². The lowest BCUT2D eigenvalue weighted by Crippen LogP contribution is -2.28. The van der Waals surface area contributed by atoms with E-state index in [0.717, 1.165) is 12.1 Å². The summed E-state index contributed by atoms with van der Waals surface area (Å²) in [4.78, 5) is 11.7. The lowest BCUT2D eigenvalue weighted by atomic mass is 9.91. The van der Waals surface area contributed by atoms with Crippen molar-refractivity contribution in [3.05, 3.63) is 24.3 Å². The van der Waals surface area contributed by atoms with E-state index >= 15 is 0 Å². The van der Waals surface area contributed by atoms with Gasteiger partial charge in [0.05, 0.1) is 5.41 Å². The van der Waals surface area contributed by atoms with Gasteiger partial charge < -0.3 is 9.47 Å². The third-order valence-electron chi connectivity index (χ3n) is 2.70. The Labute approximate surface area is 109 Å². The number of alkyl halides is 3. The summed E-state index contributed by atoms with van der Waals surface area (Å²) in [6.07, 6.45) is -4.14. The summed E-state index contributed by atoms with van der Waals surface area (Å²) in [5, 5.41) is 0. The zero-order chi connectivity index (χ0) is 14.7. The van der Waals surface area contributed by atoms with Gasteiger partial charge >= 0.3 is 12.3 Å². The fourth-order valence-electron chi connectivity index (χ4n) is 1.10. The molecule has 0 fully saturated rings. The van der Waals surface area contributed by atoms with E-state index in [4.69, 9.17) is 4.74 Å². The van der Waals surface area contributed by atoms with Gasteiger partial charge in [-0.05, 0) is 44.5 Å². The van der Waals surface area contributed by atoms with Gasteiger partial charge in [0.2, 0.25) is 0 Å². The second-order valence-electron chi connectivity index (χ2n) is 4.65. The maximum absolute atomic E-state index is 11.9. The molecular formula is C13H15F3O3. The van der Waals surface area contributed by atoms with Gasteiger partial charge in [-0.2, -0.15) is 0 Å². The van der Waals surface area contributed by atoms with Gasteiger partial charge in [0.15, 0.2) is 0 Å². The molecule has 6 heteroatoms. The van der Waals surface area contributed by atoms with Gasteiger partial charge in [0.1, 0.15) is 11.5 Å². The van der Waals surface area contributed by atoms with Crippen molar-refractivity contribution in [1.29, 1.82) is 0 Å². The third kappa shape index (κ3) is 4.81. The number of benzene rings is 1. The number of rotatable bonds is 4. The zero-order valence-corrected chi connectivity index (χ0v) is 10.9. The predicted molar refractivity (Wildman–Crippen MR) is 62.8 cm³/mol. The Morgan fingerprint density at radius 3 is 2.00 bits per heavy atom. The van der Waals surface area contributed by atoms with Crippen molar-refractivity contribution >= 4 is 5.97 Å². The van der Waals surface area contributed by atoms with E-state index in [2.05, 4.69) is 4.74 Å². The maximum Gasteiger partial charge on any atom is 0.573 e. The van der Waals surface area contributed by atoms with Crippen LogP contribution in [0.3, 0.4) is 0 Å². The van der Waals surface area contributed by atoms with Crippen molar-refractivity contribution in [2.24, 2.45) is 5.41 Å². The Morgan fingerprint density at radius 1 is 1.11 bits per heavy atom. The number of halogens is 3. The molecule has 0 amide bonds. The summed E-state index contributed by atoms with van der Waals surface area (Å²) < 4.78 is 44.6. The Balaban J connectivity index is 2.70. The van der Waals surface area contributed by atoms with Crippen LogP contribution >= 0.6 is 0 Å². The maximum atomic E-state index is 11.9. The van der Waals surface area contributed by atoms with Crippen molar-refractivity contribution in [2.45, 2.75) is 33.6 Å². The first-order valence-electron chi connectivity index (χ1n) is 5.72. The summed E-state index contributed by atoms with van der Waals surface area (Å²) in [7, 11) is 0. The van der Waals surface area contributed by atoms with Gasteiger partial charge in [-0.1, -0.05) is 6.92 Å². The van der Waals surface area contributed by atoms with Gasteiger partial charge in [0.25, 0.3) is 0 Å². The highest BCUT2D eigenvalue weighted by Crippen LogP contribution is 2.27. The molecule has 0 aliphatic rings. The number of carbonyl (C=O) groups excluding carboxylic acids is 1. The Hall–Kier alpha value is -1.72. The van der Waals surface area contributed by atoms with E-state index in [1.54, 1.807) is 13.8 Å². The average molecular weight is 276 g/mol. The lowest BCUT2D eigenvalue weighted by molar-refractivity contribution is -0.274. The molecule has 0 aliphatic heterocycles. The summed E-state index contributed by atoms with van der Waals surface area (Å²) in [5.74, 6) is -0.609. The summed E-state index contributed by atoms with van der Waals surface area (Å²) in [6.45, 7) is 5.31. The first kappa shape index (κ1) is 15.3. The molecular weight excluding hydrogens is 261 g/mol. The fraction of sp³-hybridized carbons (Fsp3) is 0.462. The molecule has 0 aliphatic carbocycles. The molecule has 19 heavy (non-hydrogen) atoms. The molecule has 1 rings (SSSR count). The second-order valence-corrected chi connectivity index (χ2v) is 4.65. The number of hydrogen-bond donors (Lipinski definition) is 0. The number of hydrogen-bond acceptors (Lipinski definition) is 3. The predicted octanol–water partition coefficient (Wildman–Crippen LogP) is 3.93. The van der Waals surface area contributed by atoms with E-state index in [0.29, 0.717) is 6.42 Å². The molecule has 1 aromatic carbocycles. The van der Waals surface area contributed by atoms with Crippen molar-refractivity contribution in [3.8, 4) is 11.5 Å². The molecule has 0 radical (unpaired) electrons. The number of ether oxygens (including phenoxy) is 2. The first-order valence-corrected chi connectivity index (χ1v) is 5.72. The second kappa shape index (κ2) is 5.50. The molecule has 0 unspecified atom stereocenters. The van der Waals surface area contributed by atoms with Crippen LogP contribution < -0.4 is 9.47 Å². The quantitative estimate of drug-likeness (QED) is 0.617. The van der Waals surface area contributed by atoms with Crippen molar-refractivity contribution in [3.63, 3.8) is 0 Å². The molecule has 106 valence electrons. The summed E-state index contributed by atoms with van der Waals surface area (Å²) >= 11 is 0. The molecule has 0 bridgehead atoms. The normalized spacial score (nSPS) is 12.1. The topological polar surface area (TPSA) is 35.5 Å². The van der Waals surface area contributed by atoms with Crippen LogP contribution in [0.25, 0.3) is 0 Å². The summed E-state index contributed by atoms with van der Waals surface area (Å²) in [5.41, 5.74) is -0.638. The lowest BCUT2D eigenvalue weighted by Gasteiger charge is -2.20. The highest BCUT2D eigenvalue weighted by molar-refractivity contribution is 5.78. The van der Waals surface area contributed by atoms with Crippen molar-refractivity contribution in [2.75, 3.05) is 0 Å². The summed E-state index contributed by atoms with van der Waals surface area (Å²) in [6, 6.07) is 4.69. The SMILES string of the molecule is CCC(C)(C)C(=O)Oc1ccc(OC(F)(F)F)cc1. The monoisotopic (exact) mass is 276 g/mol. The van der Waals surface area contributed by atoms with Gasteiger partial charge in [-0.15, -0.1) is 13.2 Å². The van der Waals surface area contributed by atoms with Crippen LogP contribution in [-0.2, 0) is 4.79 Å². The van der Waals surface area contributed by atoms with Crippen LogP contribution in [0.15, 0.2) is 24.3 Å². The standard InChI is InChI=1S/C13H15F3O3/c1-4-12(2,3)11(17)18-9-5-7-10(8-6-9)19-13(14,15)16/h5-8H,4H2,1-3H3. The average Bonchev–Trinajstić information content (AvgIpc) is 2.29. The highest BCUT2D eigenvalue weighted by atomic mass is 19.4. The van der Waals surface area contributed by atoms with E-state index in [-0.39, 0.29) is 11.5 Å². The van der Waals surface area contributed by atoms with Crippen LogP contribution in [0.2, 0.25) is 0 Å². The molecule has 1 aromatic rings. The highest BCUT2D eigenvalue weighted by Gasteiger charge is 2.31. The Kier molecular flexibility index (Phi) is 4.44. The minimum Gasteiger partial charge on any atom is -0.426 e. The van der Waals surface area contributed by atoms with E-state index in [1.165, 1.54) is 12.1 Å². The van der Waals surface area contributed by atoms with Crippen LogP contribution in [0, 0.1) is 5.41 Å². The molecule has 0 N–H and O–H groups in total. The largest absolute Gasteiger partial charge is 0.573 e. The van der Waals surface area contributed by atoms with Gasteiger partial charge in [-0.3, -0.25) is 4.79 Å². The minimum absolute atomic E-state index is 0.182. The van der Waals surface area contributed by atoms with Gasteiger partial charge in [0, 0.05) is 0 Å².